The van der Waals surface area contributed by atoms with E-state index >= 15 is 0 Å². The van der Waals surface area contributed by atoms with E-state index in [0.29, 0.717) is 11.3 Å². The van der Waals surface area contributed by atoms with Crippen LogP contribution >= 0.6 is 0 Å². The summed E-state index contributed by atoms with van der Waals surface area (Å²) in [5, 5.41) is 20.9. The first kappa shape index (κ1) is 14.4. The predicted molar refractivity (Wildman–Crippen MR) is 68.9 cm³/mol. The number of rotatable bonds is 5. The second kappa shape index (κ2) is 5.82. The molecule has 1 N–H and O–H groups in total. The Hall–Kier alpha value is -1.62. The topological polar surface area (TPSA) is 72.6 Å². The molecule has 0 aliphatic rings. The van der Waals surface area contributed by atoms with Crippen LogP contribution in [-0.2, 0) is 0 Å². The van der Waals surface area contributed by atoms with Crippen molar-refractivity contribution in [3.05, 3.63) is 33.9 Å². The van der Waals surface area contributed by atoms with Crippen LogP contribution in [0.2, 0.25) is 0 Å². The zero-order valence-electron chi connectivity index (χ0n) is 11.1. The van der Waals surface area contributed by atoms with E-state index in [1.165, 1.54) is 13.2 Å². The minimum atomic E-state index is -0.657. The smallest absolute Gasteiger partial charge is 0.273 e. The van der Waals surface area contributed by atoms with Gasteiger partial charge in [-0.25, -0.2) is 0 Å². The summed E-state index contributed by atoms with van der Waals surface area (Å²) in [5.74, 6) is 0.359. The van der Waals surface area contributed by atoms with Crippen molar-refractivity contribution in [3.8, 4) is 5.75 Å². The molecule has 1 aromatic carbocycles. The molecule has 0 saturated heterocycles. The molecule has 5 heteroatoms. The van der Waals surface area contributed by atoms with Gasteiger partial charge in [-0.05, 0) is 25.0 Å². The summed E-state index contributed by atoms with van der Waals surface area (Å²) in [4.78, 5) is 10.6. The van der Waals surface area contributed by atoms with Crippen molar-refractivity contribution < 1.29 is 14.8 Å². The van der Waals surface area contributed by atoms with E-state index in [-0.39, 0.29) is 17.5 Å². The Balaban J connectivity index is 3.37. The number of nitrogens with zero attached hydrogens (tertiary/aromatic N) is 1. The summed E-state index contributed by atoms with van der Waals surface area (Å²) in [7, 11) is 1.51. The minimum Gasteiger partial charge on any atom is -0.497 e. The van der Waals surface area contributed by atoms with Gasteiger partial charge in [0.25, 0.3) is 5.69 Å². The van der Waals surface area contributed by atoms with Gasteiger partial charge in [-0.1, -0.05) is 13.8 Å². The highest BCUT2D eigenvalue weighted by Gasteiger charge is 2.28. The van der Waals surface area contributed by atoms with Crippen molar-refractivity contribution in [3.63, 3.8) is 0 Å². The quantitative estimate of drug-likeness (QED) is 0.646. The zero-order chi connectivity index (χ0) is 13.9. The largest absolute Gasteiger partial charge is 0.497 e. The van der Waals surface area contributed by atoms with Crippen LogP contribution in [-0.4, -0.2) is 23.2 Å². The highest BCUT2D eigenvalue weighted by molar-refractivity contribution is 5.48. The summed E-state index contributed by atoms with van der Waals surface area (Å²) in [5.41, 5.74) is 0.541. The molecule has 0 heterocycles. The molecule has 0 bridgehead atoms. The maximum Gasteiger partial charge on any atom is 0.273 e. The van der Waals surface area contributed by atoms with Gasteiger partial charge in [0.05, 0.1) is 18.1 Å². The molecular formula is C13H19NO4. The number of methoxy groups -OCH3 is 1. The number of nitro benzene ring substituents is 1. The van der Waals surface area contributed by atoms with E-state index in [1.807, 2.05) is 13.8 Å². The molecule has 0 aliphatic heterocycles. The second-order valence-corrected chi connectivity index (χ2v) is 4.69. The fraction of sp³-hybridized carbons (Fsp3) is 0.538. The molecule has 2 atom stereocenters. The van der Waals surface area contributed by atoms with Gasteiger partial charge in [0.2, 0.25) is 0 Å². The number of aliphatic hydroxyl groups is 1. The zero-order valence-corrected chi connectivity index (χ0v) is 11.1. The normalized spacial score (nSPS) is 14.3. The van der Waals surface area contributed by atoms with Crippen LogP contribution in [0.4, 0.5) is 5.69 Å². The van der Waals surface area contributed by atoms with Crippen LogP contribution in [0.5, 0.6) is 5.75 Å². The number of hydrogen-bond donors (Lipinski definition) is 1. The molecule has 2 unspecified atom stereocenters. The Morgan fingerprint density at radius 1 is 1.33 bits per heavy atom. The number of hydrogen-bond acceptors (Lipinski definition) is 4. The second-order valence-electron chi connectivity index (χ2n) is 4.69. The first-order valence-corrected chi connectivity index (χ1v) is 5.88. The van der Waals surface area contributed by atoms with E-state index in [0.717, 1.165) is 0 Å². The lowest BCUT2D eigenvalue weighted by Crippen LogP contribution is -2.21. The van der Waals surface area contributed by atoms with E-state index in [9.17, 15) is 15.2 Å². The highest BCUT2D eigenvalue weighted by atomic mass is 16.6. The van der Waals surface area contributed by atoms with Gasteiger partial charge in [-0.2, -0.15) is 0 Å². The molecule has 0 amide bonds. The summed E-state index contributed by atoms with van der Waals surface area (Å²) in [6.45, 7) is 5.51. The molecule has 1 aromatic rings. The van der Waals surface area contributed by atoms with Crippen molar-refractivity contribution in [2.24, 2.45) is 5.92 Å². The fourth-order valence-electron chi connectivity index (χ4n) is 2.27. The van der Waals surface area contributed by atoms with Gasteiger partial charge >= 0.3 is 0 Å². The van der Waals surface area contributed by atoms with E-state index in [1.54, 1.807) is 19.1 Å². The average molecular weight is 253 g/mol. The Labute approximate surface area is 107 Å². The van der Waals surface area contributed by atoms with Crippen molar-refractivity contribution in [1.82, 2.24) is 0 Å². The third-order valence-electron chi connectivity index (χ3n) is 3.03. The minimum absolute atomic E-state index is 0.0235. The van der Waals surface area contributed by atoms with Crippen LogP contribution in [0.1, 0.15) is 32.3 Å². The Morgan fingerprint density at radius 2 is 1.94 bits per heavy atom. The van der Waals surface area contributed by atoms with Gasteiger partial charge in [-0.3, -0.25) is 10.1 Å². The molecule has 0 aromatic heterocycles. The summed E-state index contributed by atoms with van der Waals surface area (Å²) in [6, 6.07) is 4.61. The van der Waals surface area contributed by atoms with E-state index in [2.05, 4.69) is 0 Å². The molecule has 0 saturated carbocycles. The molecule has 0 fully saturated rings. The molecule has 0 aliphatic carbocycles. The standard InChI is InChI=1S/C13H19NO4/c1-8(2)13(9(3)15)11-7-10(18-4)5-6-12(11)14(16)17/h5-9,13,15H,1-4H3. The molecule has 1 rings (SSSR count). The maximum atomic E-state index is 11.1. The Kier molecular flexibility index (Phi) is 4.67. The molecule has 0 radical (unpaired) electrons. The Morgan fingerprint density at radius 3 is 2.33 bits per heavy atom. The van der Waals surface area contributed by atoms with Crippen molar-refractivity contribution in [2.75, 3.05) is 7.11 Å². The van der Waals surface area contributed by atoms with Gasteiger partial charge < -0.3 is 9.84 Å². The average Bonchev–Trinajstić information content (AvgIpc) is 2.27. The third-order valence-corrected chi connectivity index (χ3v) is 3.03. The number of nitro groups is 1. The van der Waals surface area contributed by atoms with Crippen molar-refractivity contribution >= 4 is 5.69 Å². The lowest BCUT2D eigenvalue weighted by molar-refractivity contribution is -0.386. The van der Waals surface area contributed by atoms with Gasteiger partial charge in [0.15, 0.2) is 0 Å². The molecule has 0 spiro atoms. The van der Waals surface area contributed by atoms with Gasteiger partial charge in [0.1, 0.15) is 5.75 Å². The molecular weight excluding hydrogens is 234 g/mol. The fourth-order valence-corrected chi connectivity index (χ4v) is 2.27. The van der Waals surface area contributed by atoms with Gasteiger partial charge in [0, 0.05) is 17.5 Å². The van der Waals surface area contributed by atoms with Crippen molar-refractivity contribution in [2.45, 2.75) is 32.8 Å². The predicted octanol–water partition coefficient (Wildman–Crippen LogP) is 2.72. The first-order valence-electron chi connectivity index (χ1n) is 5.88. The number of ether oxygens (including phenoxy) is 1. The lowest BCUT2D eigenvalue weighted by Gasteiger charge is -2.24. The maximum absolute atomic E-state index is 11.1. The van der Waals surface area contributed by atoms with Gasteiger partial charge in [-0.15, -0.1) is 0 Å². The van der Waals surface area contributed by atoms with E-state index < -0.39 is 11.0 Å². The van der Waals surface area contributed by atoms with Crippen LogP contribution in [0.25, 0.3) is 0 Å². The van der Waals surface area contributed by atoms with Crippen LogP contribution in [0.15, 0.2) is 18.2 Å². The monoisotopic (exact) mass is 253 g/mol. The Bertz CT molecular complexity index is 421. The summed E-state index contributed by atoms with van der Waals surface area (Å²) < 4.78 is 5.09. The number of aliphatic hydroxyl groups excluding tert-OH is 1. The summed E-state index contributed by atoms with van der Waals surface area (Å²) >= 11 is 0. The van der Waals surface area contributed by atoms with Crippen LogP contribution in [0, 0.1) is 16.0 Å². The molecule has 18 heavy (non-hydrogen) atoms. The van der Waals surface area contributed by atoms with Crippen molar-refractivity contribution in [1.29, 1.82) is 0 Å². The summed E-state index contributed by atoms with van der Waals surface area (Å²) in [6.07, 6.45) is -0.657. The highest BCUT2D eigenvalue weighted by Crippen LogP contribution is 2.36. The van der Waals surface area contributed by atoms with Crippen LogP contribution < -0.4 is 4.74 Å². The lowest BCUT2D eigenvalue weighted by atomic mass is 9.83. The first-order chi connectivity index (χ1) is 8.38. The third kappa shape index (κ3) is 2.98. The molecule has 5 nitrogen and oxygen atoms in total. The number of benzene rings is 1. The SMILES string of the molecule is COc1ccc([N+](=O)[O-])c(C(C(C)C)C(C)O)c1. The van der Waals surface area contributed by atoms with E-state index in [4.69, 9.17) is 4.74 Å². The molecule has 100 valence electrons. The van der Waals surface area contributed by atoms with Crippen LogP contribution in [0.3, 0.4) is 0 Å².